The molecular formula is C23H23N3O4S. The lowest BCUT2D eigenvalue weighted by molar-refractivity contribution is -0.119. The number of rotatable bonds is 6. The molecular weight excluding hydrogens is 414 g/mol. The van der Waals surface area contributed by atoms with Crippen LogP contribution in [0.25, 0.3) is 5.69 Å². The van der Waals surface area contributed by atoms with E-state index in [9.17, 15) is 14.4 Å². The van der Waals surface area contributed by atoms with Crippen LogP contribution in [-0.2, 0) is 22.4 Å². The highest BCUT2D eigenvalue weighted by Gasteiger charge is 2.25. The van der Waals surface area contributed by atoms with Crippen molar-refractivity contribution in [3.63, 3.8) is 0 Å². The summed E-state index contributed by atoms with van der Waals surface area (Å²) >= 11 is 1.38. The zero-order valence-electron chi connectivity index (χ0n) is 17.1. The number of esters is 1. The number of hydrogen-bond donors (Lipinski definition) is 2. The second kappa shape index (κ2) is 8.77. The third-order valence-electron chi connectivity index (χ3n) is 5.33. The van der Waals surface area contributed by atoms with Crippen LogP contribution in [0.2, 0.25) is 0 Å². The zero-order valence-corrected chi connectivity index (χ0v) is 18.0. The summed E-state index contributed by atoms with van der Waals surface area (Å²) in [4.78, 5) is 37.9. The topological polar surface area (TPSA) is 103 Å². The molecule has 3 N–H and O–H groups in total. The quantitative estimate of drug-likeness (QED) is 0.575. The van der Waals surface area contributed by atoms with Crippen LogP contribution in [0.5, 0.6) is 0 Å². The van der Waals surface area contributed by atoms with Gasteiger partial charge in [-0.15, -0.1) is 11.3 Å². The average Bonchev–Trinajstić information content (AvgIpc) is 3.40. The molecule has 0 spiro atoms. The number of primary amides is 1. The Balaban J connectivity index is 1.43. The third-order valence-corrected chi connectivity index (χ3v) is 6.54. The molecule has 0 radical (unpaired) electrons. The molecule has 1 aromatic carbocycles. The van der Waals surface area contributed by atoms with Gasteiger partial charge < -0.3 is 20.4 Å². The molecule has 1 aliphatic carbocycles. The summed E-state index contributed by atoms with van der Waals surface area (Å²) in [6.45, 7) is 1.50. The molecule has 0 saturated carbocycles. The van der Waals surface area contributed by atoms with Crippen LogP contribution in [0.4, 0.5) is 5.00 Å². The van der Waals surface area contributed by atoms with E-state index < -0.39 is 24.4 Å². The number of aromatic nitrogens is 1. The van der Waals surface area contributed by atoms with E-state index in [1.165, 1.54) is 11.3 Å². The summed E-state index contributed by atoms with van der Waals surface area (Å²) < 4.78 is 7.11. The Morgan fingerprint density at radius 1 is 1.16 bits per heavy atom. The van der Waals surface area contributed by atoms with Crippen molar-refractivity contribution < 1.29 is 19.1 Å². The first-order valence-electron chi connectivity index (χ1n) is 10.1. The predicted octanol–water partition coefficient (Wildman–Crippen LogP) is 3.62. The van der Waals surface area contributed by atoms with Gasteiger partial charge in [-0.3, -0.25) is 9.59 Å². The fraction of sp³-hybridized carbons (Fsp3) is 0.261. The first-order valence-corrected chi connectivity index (χ1v) is 10.9. The Bertz CT molecular complexity index is 1150. The van der Waals surface area contributed by atoms with Crippen LogP contribution in [0, 0.1) is 6.92 Å². The number of fused-ring (bicyclic) bond motifs is 1. The molecule has 0 unspecified atom stereocenters. The SMILES string of the molecule is Cc1ccc(C(=O)OCC(=O)Nc2sc3c(c2C(N)=O)CCCC3)cc1-n1cccc1. The van der Waals surface area contributed by atoms with E-state index in [1.54, 1.807) is 12.1 Å². The summed E-state index contributed by atoms with van der Waals surface area (Å²) in [5.41, 5.74) is 9.09. The number of nitrogens with one attached hydrogen (secondary N) is 1. The average molecular weight is 438 g/mol. The van der Waals surface area contributed by atoms with Gasteiger partial charge >= 0.3 is 5.97 Å². The number of carbonyl (C=O) groups is 3. The molecule has 0 bridgehead atoms. The van der Waals surface area contributed by atoms with Crippen LogP contribution in [0.1, 0.15) is 49.6 Å². The number of amides is 2. The van der Waals surface area contributed by atoms with E-state index in [0.29, 0.717) is 16.1 Å². The number of ether oxygens (including phenoxy) is 1. The van der Waals surface area contributed by atoms with Crippen LogP contribution in [0.15, 0.2) is 42.7 Å². The third kappa shape index (κ3) is 4.39. The standard InChI is InChI=1S/C23H23N3O4S/c1-14-8-9-15(12-17(14)26-10-4-5-11-26)23(29)30-13-19(27)25-22-20(21(24)28)16-6-2-3-7-18(16)31-22/h4-5,8-12H,2-3,6-7,13H2,1H3,(H2,24,28)(H,25,27). The van der Waals surface area contributed by atoms with E-state index >= 15 is 0 Å². The van der Waals surface area contributed by atoms with Crippen molar-refractivity contribution in [1.82, 2.24) is 4.57 Å². The van der Waals surface area contributed by atoms with Gasteiger partial charge in [0.2, 0.25) is 0 Å². The summed E-state index contributed by atoms with van der Waals surface area (Å²) in [7, 11) is 0. The van der Waals surface area contributed by atoms with Crippen LogP contribution >= 0.6 is 11.3 Å². The normalized spacial score (nSPS) is 12.8. The number of nitrogens with zero attached hydrogens (tertiary/aromatic N) is 1. The van der Waals surface area contributed by atoms with Crippen LogP contribution < -0.4 is 11.1 Å². The largest absolute Gasteiger partial charge is 0.452 e. The molecule has 31 heavy (non-hydrogen) atoms. The van der Waals surface area contributed by atoms with Gasteiger partial charge in [-0.05, 0) is 68.0 Å². The second-order valence-corrected chi connectivity index (χ2v) is 8.60. The molecule has 3 aromatic rings. The van der Waals surface area contributed by atoms with Gasteiger partial charge in [0.1, 0.15) is 5.00 Å². The molecule has 2 heterocycles. The molecule has 0 saturated heterocycles. The molecule has 160 valence electrons. The highest BCUT2D eigenvalue weighted by molar-refractivity contribution is 7.17. The van der Waals surface area contributed by atoms with Crippen molar-refractivity contribution in [2.75, 3.05) is 11.9 Å². The number of thiophene rings is 1. The minimum Gasteiger partial charge on any atom is -0.452 e. The summed E-state index contributed by atoms with van der Waals surface area (Å²) in [6, 6.07) is 9.03. The molecule has 1 aliphatic rings. The van der Waals surface area contributed by atoms with E-state index in [-0.39, 0.29) is 0 Å². The minimum atomic E-state index is -0.593. The number of aryl methyl sites for hydroxylation is 2. The van der Waals surface area contributed by atoms with Crippen molar-refractivity contribution in [2.45, 2.75) is 32.6 Å². The Kier molecular flexibility index (Phi) is 5.90. The molecule has 8 heteroatoms. The summed E-state index contributed by atoms with van der Waals surface area (Å²) in [5, 5.41) is 3.13. The summed E-state index contributed by atoms with van der Waals surface area (Å²) in [6.07, 6.45) is 7.49. The summed E-state index contributed by atoms with van der Waals surface area (Å²) in [5.74, 6) is -1.65. The maximum atomic E-state index is 12.5. The molecule has 0 fully saturated rings. The zero-order chi connectivity index (χ0) is 22.0. The number of nitrogens with two attached hydrogens (primary N) is 1. The van der Waals surface area contributed by atoms with Gasteiger partial charge in [-0.1, -0.05) is 6.07 Å². The smallest absolute Gasteiger partial charge is 0.338 e. The second-order valence-electron chi connectivity index (χ2n) is 7.50. The van der Waals surface area contributed by atoms with Gasteiger partial charge in [0.05, 0.1) is 11.1 Å². The van der Waals surface area contributed by atoms with E-state index in [1.807, 2.05) is 42.1 Å². The van der Waals surface area contributed by atoms with E-state index in [2.05, 4.69) is 5.32 Å². The Labute approximate surface area is 183 Å². The Hall–Kier alpha value is -3.39. The van der Waals surface area contributed by atoms with Gasteiger partial charge in [-0.2, -0.15) is 0 Å². The first-order chi connectivity index (χ1) is 14.9. The van der Waals surface area contributed by atoms with E-state index in [4.69, 9.17) is 10.5 Å². The molecule has 2 amide bonds. The van der Waals surface area contributed by atoms with Crippen molar-refractivity contribution in [1.29, 1.82) is 0 Å². The highest BCUT2D eigenvalue weighted by Crippen LogP contribution is 2.37. The first kappa shape index (κ1) is 20.9. The Morgan fingerprint density at radius 3 is 2.65 bits per heavy atom. The minimum absolute atomic E-state index is 0.353. The van der Waals surface area contributed by atoms with Crippen molar-refractivity contribution in [3.05, 3.63) is 69.9 Å². The number of benzene rings is 1. The van der Waals surface area contributed by atoms with Crippen molar-refractivity contribution in [2.24, 2.45) is 5.73 Å². The number of carbonyl (C=O) groups excluding carboxylic acids is 3. The molecule has 0 atom stereocenters. The maximum absolute atomic E-state index is 12.5. The lowest BCUT2D eigenvalue weighted by Crippen LogP contribution is -2.23. The van der Waals surface area contributed by atoms with Crippen LogP contribution in [-0.4, -0.2) is 29.0 Å². The monoisotopic (exact) mass is 437 g/mol. The van der Waals surface area contributed by atoms with E-state index in [0.717, 1.165) is 47.4 Å². The fourth-order valence-corrected chi connectivity index (χ4v) is 5.11. The predicted molar refractivity (Wildman–Crippen MR) is 119 cm³/mol. The van der Waals surface area contributed by atoms with Crippen LogP contribution in [0.3, 0.4) is 0 Å². The van der Waals surface area contributed by atoms with Gasteiger partial charge in [0, 0.05) is 23.0 Å². The number of anilines is 1. The molecule has 4 rings (SSSR count). The molecule has 0 aliphatic heterocycles. The lowest BCUT2D eigenvalue weighted by Gasteiger charge is -2.11. The van der Waals surface area contributed by atoms with Gasteiger partial charge in [0.15, 0.2) is 6.61 Å². The van der Waals surface area contributed by atoms with Gasteiger partial charge in [0.25, 0.3) is 11.8 Å². The fourth-order valence-electron chi connectivity index (χ4n) is 3.80. The molecule has 7 nitrogen and oxygen atoms in total. The molecule has 2 aromatic heterocycles. The number of hydrogen-bond acceptors (Lipinski definition) is 5. The Morgan fingerprint density at radius 2 is 1.90 bits per heavy atom. The van der Waals surface area contributed by atoms with Crippen molar-refractivity contribution in [3.8, 4) is 5.69 Å². The van der Waals surface area contributed by atoms with Crippen molar-refractivity contribution >= 4 is 34.1 Å². The highest BCUT2D eigenvalue weighted by atomic mass is 32.1. The van der Waals surface area contributed by atoms with Gasteiger partial charge in [-0.25, -0.2) is 4.79 Å². The maximum Gasteiger partial charge on any atom is 0.338 e. The lowest BCUT2D eigenvalue weighted by atomic mass is 9.95.